The van der Waals surface area contributed by atoms with Gasteiger partial charge in [-0.2, -0.15) is 0 Å². The minimum atomic E-state index is -1.82. The number of ketones is 1. The summed E-state index contributed by atoms with van der Waals surface area (Å²) >= 11 is 0. The molecule has 9 N–H and O–H groups in total. The Labute approximate surface area is 237 Å². The number of aliphatic hydroxyl groups excluding tert-OH is 8. The van der Waals surface area contributed by atoms with Crippen LogP contribution >= 0.6 is 0 Å². The maximum Gasteiger partial charge on any atom is 0.235 e. The largest absolute Gasteiger partial charge is 0.508 e. The van der Waals surface area contributed by atoms with Crippen LogP contribution in [0.1, 0.15) is 15.9 Å². The summed E-state index contributed by atoms with van der Waals surface area (Å²) in [5.41, 5.74) is 0.344. The molecule has 2 aromatic rings. The van der Waals surface area contributed by atoms with E-state index in [4.69, 9.17) is 23.7 Å². The zero-order valence-electron chi connectivity index (χ0n) is 21.7. The molecule has 2 aromatic carbocycles. The maximum absolute atomic E-state index is 13.4. The molecule has 3 aliphatic heterocycles. The van der Waals surface area contributed by atoms with Crippen LogP contribution in [0.25, 0.3) is 6.08 Å². The fraction of sp³-hybridized carbons (Fsp3) is 0.444. The highest BCUT2D eigenvalue weighted by atomic mass is 16.7. The lowest BCUT2D eigenvalue weighted by Crippen LogP contribution is -2.60. The summed E-state index contributed by atoms with van der Waals surface area (Å²) in [5.74, 6) is -1.39. The van der Waals surface area contributed by atoms with Crippen molar-refractivity contribution in [2.24, 2.45) is 0 Å². The zero-order valence-corrected chi connectivity index (χ0v) is 21.7. The van der Waals surface area contributed by atoms with Gasteiger partial charge in [-0.25, -0.2) is 0 Å². The van der Waals surface area contributed by atoms with E-state index >= 15 is 0 Å². The number of carbonyl (C=O) groups is 1. The first kappa shape index (κ1) is 30.1. The van der Waals surface area contributed by atoms with E-state index in [9.17, 15) is 50.8 Å². The molecule has 3 aliphatic rings. The van der Waals surface area contributed by atoms with Gasteiger partial charge in [-0.05, 0) is 23.8 Å². The van der Waals surface area contributed by atoms with Crippen molar-refractivity contribution in [1.29, 1.82) is 0 Å². The van der Waals surface area contributed by atoms with Crippen LogP contribution in [0.3, 0.4) is 0 Å². The number of carbonyl (C=O) groups excluding carboxylic acids is 1. The molecule has 15 heteroatoms. The monoisotopic (exact) mass is 594 g/mol. The predicted molar refractivity (Wildman–Crippen MR) is 136 cm³/mol. The molecule has 0 aliphatic carbocycles. The molecule has 0 radical (unpaired) electrons. The summed E-state index contributed by atoms with van der Waals surface area (Å²) in [7, 11) is 0. The predicted octanol–water partition coefficient (Wildman–Crippen LogP) is -2.63. The molecular formula is C27H30O15. The standard InChI is InChI=1S/C27H30O15/c28-8-16-20(32)22(34)24(36)26(41-16)38-12-6-13-18(19(31)15(39-13)5-10-1-3-11(30)4-2-10)14(7-12)40-27-25(37)23(35)21(33)17(9-29)42-27/h1-7,16-17,20-30,32-37H,8-9H2/b15-5-/t16?,17?,20-,21-,22+,23+,24?,25?,26-,27-/m1/s1. The SMILES string of the molecule is O=C1/C(=C/c2ccc(O)cc2)Oc2cc(O[C@@H]3OC(CO)[C@@H](O)[C@H](O)C3O)cc(O[C@@H]3OC(CO)[C@@H](O)[C@H](O)C3O)c21. The Bertz CT molecular complexity index is 1310. The highest BCUT2D eigenvalue weighted by molar-refractivity contribution is 6.16. The summed E-state index contributed by atoms with van der Waals surface area (Å²) in [6, 6.07) is 8.25. The van der Waals surface area contributed by atoms with Gasteiger partial charge in [0, 0.05) is 12.1 Å². The number of fused-ring (bicyclic) bond motifs is 1. The van der Waals surface area contributed by atoms with Crippen molar-refractivity contribution in [3.05, 3.63) is 53.3 Å². The number of rotatable bonds is 7. The molecule has 10 atom stereocenters. The molecule has 15 nitrogen and oxygen atoms in total. The van der Waals surface area contributed by atoms with Crippen molar-refractivity contribution in [2.75, 3.05) is 13.2 Å². The highest BCUT2D eigenvalue weighted by Gasteiger charge is 2.47. The average Bonchev–Trinajstić information content (AvgIpc) is 3.29. The summed E-state index contributed by atoms with van der Waals surface area (Å²) in [5, 5.41) is 89.9. The number of allylic oxidation sites excluding steroid dienone is 1. The Balaban J connectivity index is 1.50. The second-order valence-corrected chi connectivity index (χ2v) is 9.96. The Kier molecular flexibility index (Phi) is 8.68. The van der Waals surface area contributed by atoms with Gasteiger partial charge in [0.25, 0.3) is 0 Å². The van der Waals surface area contributed by atoms with E-state index < -0.39 is 80.4 Å². The molecule has 0 saturated carbocycles. The van der Waals surface area contributed by atoms with Crippen molar-refractivity contribution in [3.63, 3.8) is 0 Å². The Hall–Kier alpha value is -3.35. The van der Waals surface area contributed by atoms with Crippen molar-refractivity contribution in [1.82, 2.24) is 0 Å². The Morgan fingerprint density at radius 3 is 1.83 bits per heavy atom. The van der Waals surface area contributed by atoms with Gasteiger partial charge in [0.15, 0.2) is 5.76 Å². The van der Waals surface area contributed by atoms with Gasteiger partial charge in [0.05, 0.1) is 13.2 Å². The summed E-state index contributed by atoms with van der Waals surface area (Å²) in [6.07, 6.45) is -14.9. The van der Waals surface area contributed by atoms with Crippen LogP contribution in [0.5, 0.6) is 23.0 Å². The fourth-order valence-corrected chi connectivity index (χ4v) is 4.72. The van der Waals surface area contributed by atoms with Crippen molar-refractivity contribution in [2.45, 2.75) is 61.4 Å². The smallest absolute Gasteiger partial charge is 0.235 e. The number of aromatic hydroxyl groups is 1. The van der Waals surface area contributed by atoms with Gasteiger partial charge in [0.2, 0.25) is 18.4 Å². The van der Waals surface area contributed by atoms with Gasteiger partial charge in [-0.1, -0.05) is 12.1 Å². The zero-order chi connectivity index (χ0) is 30.3. The number of Topliss-reactive ketones (excluding diaryl/α,β-unsaturated/α-hetero) is 1. The van der Waals surface area contributed by atoms with Gasteiger partial charge in [-0.15, -0.1) is 0 Å². The minimum absolute atomic E-state index is 0.00398. The Morgan fingerprint density at radius 2 is 1.29 bits per heavy atom. The third-order valence-electron chi connectivity index (χ3n) is 7.09. The molecule has 0 spiro atoms. The average molecular weight is 595 g/mol. The first-order chi connectivity index (χ1) is 20.0. The van der Waals surface area contributed by atoms with Crippen molar-refractivity contribution in [3.8, 4) is 23.0 Å². The molecule has 42 heavy (non-hydrogen) atoms. The van der Waals surface area contributed by atoms with Gasteiger partial charge in [-0.3, -0.25) is 4.79 Å². The molecule has 5 rings (SSSR count). The molecule has 4 unspecified atom stereocenters. The molecule has 0 amide bonds. The van der Waals surface area contributed by atoms with E-state index in [-0.39, 0.29) is 34.3 Å². The van der Waals surface area contributed by atoms with Crippen LogP contribution < -0.4 is 14.2 Å². The van der Waals surface area contributed by atoms with E-state index in [0.29, 0.717) is 5.56 Å². The summed E-state index contributed by atoms with van der Waals surface area (Å²) < 4.78 is 28.0. The molecule has 2 saturated heterocycles. The third-order valence-corrected chi connectivity index (χ3v) is 7.09. The lowest BCUT2D eigenvalue weighted by molar-refractivity contribution is -0.278. The minimum Gasteiger partial charge on any atom is -0.508 e. The lowest BCUT2D eigenvalue weighted by atomic mass is 9.99. The molecule has 0 aromatic heterocycles. The van der Waals surface area contributed by atoms with Crippen LogP contribution in [0.2, 0.25) is 0 Å². The van der Waals surface area contributed by atoms with Crippen molar-refractivity contribution >= 4 is 11.9 Å². The molecule has 2 fully saturated rings. The Morgan fingerprint density at radius 1 is 0.738 bits per heavy atom. The number of ether oxygens (including phenoxy) is 5. The van der Waals surface area contributed by atoms with E-state index in [0.717, 1.165) is 6.07 Å². The third kappa shape index (κ3) is 5.67. The fourth-order valence-electron chi connectivity index (χ4n) is 4.72. The van der Waals surface area contributed by atoms with Crippen LogP contribution in [0.4, 0.5) is 0 Å². The molecule has 3 heterocycles. The second-order valence-electron chi connectivity index (χ2n) is 9.96. The first-order valence-electron chi connectivity index (χ1n) is 12.9. The molecule has 228 valence electrons. The second kappa shape index (κ2) is 12.1. The van der Waals surface area contributed by atoms with Gasteiger partial charge >= 0.3 is 0 Å². The summed E-state index contributed by atoms with van der Waals surface area (Å²) in [4.78, 5) is 13.4. The normalized spacial score (nSPS) is 35.5. The number of aliphatic hydroxyl groups is 8. The quantitative estimate of drug-likeness (QED) is 0.149. The van der Waals surface area contributed by atoms with Gasteiger partial charge in [0.1, 0.15) is 77.4 Å². The number of hydrogen-bond donors (Lipinski definition) is 9. The van der Waals surface area contributed by atoms with E-state index in [2.05, 4.69) is 0 Å². The van der Waals surface area contributed by atoms with Crippen molar-refractivity contribution < 1.29 is 74.4 Å². The number of phenolic OH excluding ortho intramolecular Hbond substituents is 1. The van der Waals surface area contributed by atoms with Gasteiger partial charge < -0.3 is 69.6 Å². The van der Waals surface area contributed by atoms with E-state index in [1.54, 1.807) is 0 Å². The lowest BCUT2D eigenvalue weighted by Gasteiger charge is -2.40. The van der Waals surface area contributed by atoms with Crippen LogP contribution in [-0.4, -0.2) is 126 Å². The van der Waals surface area contributed by atoms with E-state index in [1.807, 2.05) is 0 Å². The van der Waals surface area contributed by atoms with Crippen LogP contribution in [0, 0.1) is 0 Å². The van der Waals surface area contributed by atoms with E-state index in [1.165, 1.54) is 36.4 Å². The highest BCUT2D eigenvalue weighted by Crippen LogP contribution is 2.43. The molecule has 0 bridgehead atoms. The first-order valence-corrected chi connectivity index (χ1v) is 12.9. The molecular weight excluding hydrogens is 564 g/mol. The summed E-state index contributed by atoms with van der Waals surface area (Å²) in [6.45, 7) is -1.44. The number of hydrogen-bond acceptors (Lipinski definition) is 15. The number of benzene rings is 2. The van der Waals surface area contributed by atoms with Crippen LogP contribution in [-0.2, 0) is 9.47 Å². The topological polar surface area (TPSA) is 245 Å². The maximum atomic E-state index is 13.4. The van der Waals surface area contributed by atoms with Crippen LogP contribution in [0.15, 0.2) is 42.2 Å². The number of phenols is 1.